The number of amides is 1. The highest BCUT2D eigenvalue weighted by molar-refractivity contribution is 7.22. The minimum absolute atomic E-state index is 0.00186. The number of nitrogens with zero attached hydrogens (tertiary/aromatic N) is 3. The van der Waals surface area contributed by atoms with Gasteiger partial charge in [0.25, 0.3) is 0 Å². The first kappa shape index (κ1) is 12.3. The summed E-state index contributed by atoms with van der Waals surface area (Å²) in [7, 11) is 1.56. The Hall–Kier alpha value is -1.73. The van der Waals surface area contributed by atoms with Crippen LogP contribution in [0.15, 0.2) is 12.1 Å². The van der Waals surface area contributed by atoms with E-state index in [0.717, 1.165) is 10.3 Å². The number of hydrogen-bond acceptors (Lipinski definition) is 6. The lowest BCUT2D eigenvalue weighted by Crippen LogP contribution is -2.24. The zero-order valence-corrected chi connectivity index (χ0v) is 11.2. The third kappa shape index (κ3) is 2.15. The Morgan fingerprint density at radius 2 is 2.37 bits per heavy atom. The molecule has 1 unspecified atom stereocenters. The van der Waals surface area contributed by atoms with E-state index < -0.39 is 0 Å². The van der Waals surface area contributed by atoms with Gasteiger partial charge < -0.3 is 9.84 Å². The van der Waals surface area contributed by atoms with E-state index in [1.807, 2.05) is 6.07 Å². The predicted molar refractivity (Wildman–Crippen MR) is 71.5 cm³/mol. The second-order valence-electron chi connectivity index (χ2n) is 4.43. The summed E-state index contributed by atoms with van der Waals surface area (Å²) in [5.41, 5.74) is 0.751. The van der Waals surface area contributed by atoms with E-state index in [9.17, 15) is 4.79 Å². The summed E-state index contributed by atoms with van der Waals surface area (Å²) in [4.78, 5) is 23.0. The van der Waals surface area contributed by atoms with E-state index in [2.05, 4.69) is 9.97 Å². The summed E-state index contributed by atoms with van der Waals surface area (Å²) in [6, 6.07) is 3.57. The van der Waals surface area contributed by atoms with Gasteiger partial charge in [-0.25, -0.2) is 9.97 Å². The molecule has 3 heterocycles. The molecule has 0 aromatic carbocycles. The lowest BCUT2D eigenvalue weighted by molar-refractivity contribution is -0.117. The van der Waals surface area contributed by atoms with E-state index in [-0.39, 0.29) is 18.4 Å². The highest BCUT2D eigenvalue weighted by Gasteiger charge is 2.32. The van der Waals surface area contributed by atoms with Gasteiger partial charge in [-0.2, -0.15) is 0 Å². The average Bonchev–Trinajstić information content (AvgIpc) is 3.00. The fraction of sp³-hybridized carbons (Fsp3) is 0.417. The summed E-state index contributed by atoms with van der Waals surface area (Å²) >= 11 is 1.36. The number of rotatable bonds is 3. The van der Waals surface area contributed by atoms with Crippen molar-refractivity contribution in [3.8, 4) is 5.88 Å². The molecule has 2 aromatic heterocycles. The Bertz CT molecular complexity index is 628. The first-order valence-corrected chi connectivity index (χ1v) is 6.75. The maximum absolute atomic E-state index is 11.9. The van der Waals surface area contributed by atoms with Crippen LogP contribution >= 0.6 is 11.3 Å². The monoisotopic (exact) mass is 279 g/mol. The van der Waals surface area contributed by atoms with Crippen molar-refractivity contribution in [2.45, 2.75) is 6.42 Å². The number of pyridine rings is 1. The Morgan fingerprint density at radius 3 is 3.05 bits per heavy atom. The SMILES string of the molecule is COc1ccc2nc(N3CC(CO)CC3=O)sc2n1. The van der Waals surface area contributed by atoms with Gasteiger partial charge in [0.2, 0.25) is 11.8 Å². The molecule has 19 heavy (non-hydrogen) atoms. The summed E-state index contributed by atoms with van der Waals surface area (Å²) in [6.45, 7) is 0.547. The van der Waals surface area contributed by atoms with E-state index >= 15 is 0 Å². The van der Waals surface area contributed by atoms with Crippen LogP contribution in [0.25, 0.3) is 10.3 Å². The smallest absolute Gasteiger partial charge is 0.229 e. The molecule has 1 aliphatic heterocycles. The number of ether oxygens (including phenoxy) is 1. The topological polar surface area (TPSA) is 75.6 Å². The quantitative estimate of drug-likeness (QED) is 0.908. The van der Waals surface area contributed by atoms with Crippen LogP contribution in [0.4, 0.5) is 5.13 Å². The van der Waals surface area contributed by atoms with Crippen molar-refractivity contribution < 1.29 is 14.6 Å². The number of anilines is 1. The lowest BCUT2D eigenvalue weighted by atomic mass is 10.1. The van der Waals surface area contributed by atoms with Gasteiger partial charge in [0.15, 0.2) is 5.13 Å². The lowest BCUT2D eigenvalue weighted by Gasteiger charge is -2.11. The Morgan fingerprint density at radius 1 is 1.53 bits per heavy atom. The van der Waals surface area contributed by atoms with Crippen molar-refractivity contribution in [2.75, 3.05) is 25.2 Å². The number of aliphatic hydroxyl groups excluding tert-OH is 1. The highest BCUT2D eigenvalue weighted by Crippen LogP contribution is 2.32. The molecule has 100 valence electrons. The number of carbonyl (C=O) groups excluding carboxylic acids is 1. The van der Waals surface area contributed by atoms with Gasteiger partial charge in [-0.05, 0) is 6.07 Å². The van der Waals surface area contributed by atoms with Crippen LogP contribution in [0, 0.1) is 5.92 Å². The largest absolute Gasteiger partial charge is 0.481 e. The zero-order chi connectivity index (χ0) is 13.4. The molecule has 1 amide bonds. The van der Waals surface area contributed by atoms with Crippen molar-refractivity contribution in [2.24, 2.45) is 5.92 Å². The van der Waals surface area contributed by atoms with Gasteiger partial charge in [-0.3, -0.25) is 9.69 Å². The molecule has 0 aliphatic carbocycles. The fourth-order valence-corrected chi connectivity index (χ4v) is 3.06. The molecular formula is C12H13N3O3S. The van der Waals surface area contributed by atoms with Crippen LogP contribution in [-0.2, 0) is 4.79 Å². The molecule has 2 aromatic rings. The number of carbonyl (C=O) groups is 1. The first-order chi connectivity index (χ1) is 9.21. The minimum Gasteiger partial charge on any atom is -0.481 e. The van der Waals surface area contributed by atoms with Crippen LogP contribution in [0.1, 0.15) is 6.42 Å². The number of hydrogen-bond donors (Lipinski definition) is 1. The molecule has 1 saturated heterocycles. The van der Waals surface area contributed by atoms with Crippen molar-refractivity contribution in [3.63, 3.8) is 0 Å². The molecule has 0 radical (unpaired) electrons. The molecule has 1 aliphatic rings. The van der Waals surface area contributed by atoms with Crippen LogP contribution in [0.3, 0.4) is 0 Å². The van der Waals surface area contributed by atoms with Gasteiger partial charge >= 0.3 is 0 Å². The van der Waals surface area contributed by atoms with Gasteiger partial charge in [0.1, 0.15) is 10.3 Å². The molecule has 7 heteroatoms. The Labute approximate surface area is 113 Å². The fourth-order valence-electron chi connectivity index (χ4n) is 2.11. The molecule has 0 bridgehead atoms. The molecule has 0 spiro atoms. The van der Waals surface area contributed by atoms with Crippen LogP contribution in [0.2, 0.25) is 0 Å². The molecular weight excluding hydrogens is 266 g/mol. The van der Waals surface area contributed by atoms with Gasteiger partial charge in [-0.15, -0.1) is 0 Å². The second kappa shape index (κ2) is 4.75. The molecule has 1 N–H and O–H groups in total. The molecule has 0 saturated carbocycles. The molecule has 1 atom stereocenters. The number of aliphatic hydroxyl groups is 1. The van der Waals surface area contributed by atoms with Crippen molar-refractivity contribution in [1.82, 2.24) is 9.97 Å². The number of methoxy groups -OCH3 is 1. The standard InChI is InChI=1S/C12H13N3O3S/c1-18-9-3-2-8-11(14-9)19-12(13-8)15-5-7(6-16)4-10(15)17/h2-3,7,16H,4-6H2,1H3. The number of thiazole rings is 1. The molecule has 1 fully saturated rings. The molecule has 3 rings (SSSR count). The van der Waals surface area contributed by atoms with Crippen molar-refractivity contribution in [1.29, 1.82) is 0 Å². The van der Waals surface area contributed by atoms with Gasteiger partial charge in [0.05, 0.1) is 7.11 Å². The summed E-state index contributed by atoms with van der Waals surface area (Å²) < 4.78 is 5.07. The maximum Gasteiger partial charge on any atom is 0.229 e. The minimum atomic E-state index is 0.00186. The maximum atomic E-state index is 11.9. The Balaban J connectivity index is 1.95. The number of fused-ring (bicyclic) bond motifs is 1. The van der Waals surface area contributed by atoms with Crippen LogP contribution in [-0.4, -0.2) is 41.2 Å². The van der Waals surface area contributed by atoms with Crippen LogP contribution < -0.4 is 9.64 Å². The Kier molecular flexibility index (Phi) is 3.08. The third-order valence-corrected chi connectivity index (χ3v) is 4.11. The summed E-state index contributed by atoms with van der Waals surface area (Å²) in [6.07, 6.45) is 0.378. The highest BCUT2D eigenvalue weighted by atomic mass is 32.1. The molecule has 6 nitrogen and oxygen atoms in total. The predicted octanol–water partition coefficient (Wildman–Crippen LogP) is 1.05. The van der Waals surface area contributed by atoms with E-state index in [0.29, 0.717) is 24.0 Å². The van der Waals surface area contributed by atoms with E-state index in [1.165, 1.54) is 11.3 Å². The first-order valence-electron chi connectivity index (χ1n) is 5.94. The van der Waals surface area contributed by atoms with E-state index in [4.69, 9.17) is 9.84 Å². The zero-order valence-electron chi connectivity index (χ0n) is 10.4. The summed E-state index contributed by atoms with van der Waals surface area (Å²) in [5.74, 6) is 0.538. The van der Waals surface area contributed by atoms with Gasteiger partial charge in [-0.1, -0.05) is 11.3 Å². The normalized spacial score (nSPS) is 19.4. The number of aromatic nitrogens is 2. The third-order valence-electron chi connectivity index (χ3n) is 3.12. The average molecular weight is 279 g/mol. The van der Waals surface area contributed by atoms with Crippen LogP contribution in [0.5, 0.6) is 5.88 Å². The summed E-state index contributed by atoms with van der Waals surface area (Å²) in [5, 5.41) is 9.77. The van der Waals surface area contributed by atoms with Crippen molar-refractivity contribution >= 4 is 32.7 Å². The second-order valence-corrected chi connectivity index (χ2v) is 5.39. The van der Waals surface area contributed by atoms with Gasteiger partial charge in [0, 0.05) is 31.6 Å². The van der Waals surface area contributed by atoms with Crippen molar-refractivity contribution in [3.05, 3.63) is 12.1 Å². The van der Waals surface area contributed by atoms with E-state index in [1.54, 1.807) is 18.1 Å².